The highest BCUT2D eigenvalue weighted by Gasteiger charge is 2.23. The molecular formula is C9H15ClN2O2S2. The van der Waals surface area contributed by atoms with Crippen LogP contribution in [0.3, 0.4) is 0 Å². The number of sulfone groups is 1. The van der Waals surface area contributed by atoms with Crippen molar-refractivity contribution in [1.82, 2.24) is 9.36 Å². The molecule has 1 unspecified atom stereocenters. The second-order valence-electron chi connectivity index (χ2n) is 4.11. The van der Waals surface area contributed by atoms with Gasteiger partial charge in [0.05, 0.1) is 5.75 Å². The van der Waals surface area contributed by atoms with Gasteiger partial charge in [-0.2, -0.15) is 4.37 Å². The van der Waals surface area contributed by atoms with Crippen LogP contribution in [0.15, 0.2) is 4.34 Å². The highest BCUT2D eigenvalue weighted by molar-refractivity contribution is 7.93. The lowest BCUT2D eigenvalue weighted by molar-refractivity contribution is 0.581. The third-order valence-electron chi connectivity index (χ3n) is 1.97. The molecule has 0 aliphatic heterocycles. The molecule has 0 saturated heterocycles. The maximum Gasteiger partial charge on any atom is 0.228 e. The first-order valence-electron chi connectivity index (χ1n) is 4.99. The fourth-order valence-corrected chi connectivity index (χ4v) is 3.88. The largest absolute Gasteiger partial charge is 0.228 e. The third kappa shape index (κ3) is 3.40. The molecule has 1 aromatic heterocycles. The van der Waals surface area contributed by atoms with Crippen LogP contribution in [0.1, 0.15) is 32.5 Å². The first kappa shape index (κ1) is 13.9. The molecule has 0 aliphatic rings. The minimum Gasteiger partial charge on any atom is -0.221 e. The molecule has 7 heteroatoms. The molecule has 0 fully saturated rings. The summed E-state index contributed by atoms with van der Waals surface area (Å²) in [5, 5.41) is 0. The minimum absolute atomic E-state index is 0.0310. The maximum absolute atomic E-state index is 11.9. The molecule has 0 saturated carbocycles. The van der Waals surface area contributed by atoms with E-state index in [1.165, 1.54) is 0 Å². The second-order valence-corrected chi connectivity index (χ2v) is 7.38. The van der Waals surface area contributed by atoms with Gasteiger partial charge in [-0.05, 0) is 17.5 Å². The normalized spacial score (nSPS) is 14.3. The molecule has 4 nitrogen and oxygen atoms in total. The number of alkyl halides is 1. The van der Waals surface area contributed by atoms with Crippen LogP contribution >= 0.6 is 23.1 Å². The van der Waals surface area contributed by atoms with Crippen LogP contribution in [0.4, 0.5) is 0 Å². The number of hydrogen-bond donors (Lipinski definition) is 0. The van der Waals surface area contributed by atoms with E-state index >= 15 is 0 Å². The zero-order valence-electron chi connectivity index (χ0n) is 9.47. The average molecular weight is 283 g/mol. The van der Waals surface area contributed by atoms with Gasteiger partial charge in [0, 0.05) is 11.8 Å². The number of rotatable bonds is 5. The monoisotopic (exact) mass is 282 g/mol. The van der Waals surface area contributed by atoms with E-state index in [2.05, 4.69) is 9.36 Å². The lowest BCUT2D eigenvalue weighted by atomic mass is 10.2. The van der Waals surface area contributed by atoms with E-state index in [1.54, 1.807) is 6.92 Å². The first-order chi connectivity index (χ1) is 7.36. The fourth-order valence-electron chi connectivity index (χ4n) is 1.07. The van der Waals surface area contributed by atoms with Gasteiger partial charge in [0.25, 0.3) is 0 Å². The summed E-state index contributed by atoms with van der Waals surface area (Å²) in [5.41, 5.74) is 0. The molecule has 1 rings (SSSR count). The van der Waals surface area contributed by atoms with Gasteiger partial charge in [-0.1, -0.05) is 20.8 Å². The summed E-state index contributed by atoms with van der Waals surface area (Å²) >= 11 is 6.55. The number of hydrogen-bond acceptors (Lipinski definition) is 5. The molecule has 16 heavy (non-hydrogen) atoms. The van der Waals surface area contributed by atoms with Crippen molar-refractivity contribution in [2.75, 3.05) is 11.6 Å². The molecule has 0 radical (unpaired) electrons. The van der Waals surface area contributed by atoms with E-state index in [1.807, 2.05) is 13.8 Å². The van der Waals surface area contributed by atoms with Crippen molar-refractivity contribution in [1.29, 1.82) is 0 Å². The van der Waals surface area contributed by atoms with Crippen molar-refractivity contribution in [3.05, 3.63) is 5.82 Å². The Morgan fingerprint density at radius 1 is 1.38 bits per heavy atom. The lowest BCUT2D eigenvalue weighted by Gasteiger charge is -2.05. The highest BCUT2D eigenvalue weighted by Crippen LogP contribution is 2.20. The Kier molecular flexibility index (Phi) is 4.70. The highest BCUT2D eigenvalue weighted by atomic mass is 35.5. The molecule has 0 N–H and O–H groups in total. The van der Waals surface area contributed by atoms with Gasteiger partial charge in [0.2, 0.25) is 14.2 Å². The van der Waals surface area contributed by atoms with E-state index in [9.17, 15) is 8.42 Å². The minimum atomic E-state index is -3.32. The standard InChI is InChI=1S/C9H15ClN2O2S2/c1-6(2)8-11-9(15-12-8)16(13,14)5-7(3)4-10/h6-7H,4-5H2,1-3H3. The quantitative estimate of drug-likeness (QED) is 0.778. The number of halogens is 1. The Bertz CT molecular complexity index is 442. The van der Waals surface area contributed by atoms with E-state index in [4.69, 9.17) is 11.6 Å². The van der Waals surface area contributed by atoms with Crippen molar-refractivity contribution in [3.63, 3.8) is 0 Å². The SMILES string of the molecule is CC(CCl)CS(=O)(=O)c1nc(C(C)C)ns1. The number of nitrogens with zero attached hydrogens (tertiary/aromatic N) is 2. The molecule has 0 amide bonds. The average Bonchev–Trinajstić information content (AvgIpc) is 2.66. The van der Waals surface area contributed by atoms with Crippen LogP contribution in [-0.2, 0) is 9.84 Å². The van der Waals surface area contributed by atoms with Crippen LogP contribution < -0.4 is 0 Å². The summed E-state index contributed by atoms with van der Waals surface area (Å²) in [4.78, 5) is 4.05. The number of aromatic nitrogens is 2. The van der Waals surface area contributed by atoms with Crippen molar-refractivity contribution in [2.24, 2.45) is 5.92 Å². The first-order valence-corrected chi connectivity index (χ1v) is 7.95. The molecule has 0 bridgehead atoms. The zero-order valence-corrected chi connectivity index (χ0v) is 11.9. The molecule has 1 atom stereocenters. The Balaban J connectivity index is 2.90. The van der Waals surface area contributed by atoms with E-state index in [0.29, 0.717) is 11.7 Å². The molecule has 0 aromatic carbocycles. The summed E-state index contributed by atoms with van der Waals surface area (Å²) in [6.45, 7) is 5.66. The van der Waals surface area contributed by atoms with Crippen LogP contribution in [0.5, 0.6) is 0 Å². The van der Waals surface area contributed by atoms with Crippen molar-refractivity contribution >= 4 is 33.0 Å². The lowest BCUT2D eigenvalue weighted by Crippen LogP contribution is -2.15. The van der Waals surface area contributed by atoms with Gasteiger partial charge < -0.3 is 0 Å². The van der Waals surface area contributed by atoms with Crippen LogP contribution in [0.2, 0.25) is 0 Å². The van der Waals surface area contributed by atoms with Gasteiger partial charge in [-0.25, -0.2) is 13.4 Å². The summed E-state index contributed by atoms with van der Waals surface area (Å²) in [6.07, 6.45) is 0. The summed E-state index contributed by atoms with van der Waals surface area (Å²) in [6, 6.07) is 0. The van der Waals surface area contributed by atoms with Gasteiger partial charge >= 0.3 is 0 Å². The summed E-state index contributed by atoms with van der Waals surface area (Å²) < 4.78 is 27.9. The van der Waals surface area contributed by atoms with E-state index in [0.717, 1.165) is 11.5 Å². The third-order valence-corrected chi connectivity index (χ3v) is 5.64. The molecule has 92 valence electrons. The maximum atomic E-state index is 11.9. The Morgan fingerprint density at radius 2 is 2.00 bits per heavy atom. The predicted molar refractivity (Wildman–Crippen MR) is 65.9 cm³/mol. The molecule has 0 spiro atoms. The van der Waals surface area contributed by atoms with Crippen LogP contribution in [0.25, 0.3) is 0 Å². The second kappa shape index (κ2) is 5.42. The van der Waals surface area contributed by atoms with E-state index < -0.39 is 9.84 Å². The molecule has 1 heterocycles. The van der Waals surface area contributed by atoms with Gasteiger partial charge in [0.1, 0.15) is 5.82 Å². The molecule has 0 aliphatic carbocycles. The smallest absolute Gasteiger partial charge is 0.221 e. The van der Waals surface area contributed by atoms with Crippen molar-refractivity contribution in [3.8, 4) is 0 Å². The van der Waals surface area contributed by atoms with Crippen molar-refractivity contribution < 1.29 is 8.42 Å². The summed E-state index contributed by atoms with van der Waals surface area (Å²) in [5.74, 6) is 1.02. The van der Waals surface area contributed by atoms with E-state index in [-0.39, 0.29) is 21.9 Å². The topological polar surface area (TPSA) is 59.9 Å². The van der Waals surface area contributed by atoms with Gasteiger partial charge in [-0.15, -0.1) is 11.6 Å². The van der Waals surface area contributed by atoms with Crippen molar-refractivity contribution in [2.45, 2.75) is 31.0 Å². The van der Waals surface area contributed by atoms with Gasteiger partial charge in [0.15, 0.2) is 0 Å². The van der Waals surface area contributed by atoms with Crippen LogP contribution in [-0.4, -0.2) is 29.4 Å². The zero-order chi connectivity index (χ0) is 12.3. The Labute approximate surface area is 105 Å². The van der Waals surface area contributed by atoms with Crippen LogP contribution in [0, 0.1) is 5.92 Å². The Hall–Kier alpha value is -0.200. The fraction of sp³-hybridized carbons (Fsp3) is 0.778. The van der Waals surface area contributed by atoms with Gasteiger partial charge in [-0.3, -0.25) is 0 Å². The predicted octanol–water partition coefficient (Wildman–Crippen LogP) is 2.31. The Morgan fingerprint density at radius 3 is 2.44 bits per heavy atom. The summed E-state index contributed by atoms with van der Waals surface area (Å²) in [7, 11) is -3.32. The molecular weight excluding hydrogens is 268 g/mol. The molecule has 1 aromatic rings.